The second-order valence-corrected chi connectivity index (χ2v) is 26.4. The Morgan fingerprint density at radius 2 is 0.766 bits per heavy atom. The van der Waals surface area contributed by atoms with Gasteiger partial charge in [-0.1, -0.05) is 37.1 Å². The van der Waals surface area contributed by atoms with E-state index in [1.165, 1.54) is 117 Å². The van der Waals surface area contributed by atoms with E-state index in [1.54, 1.807) is 20.8 Å². The molecule has 0 aliphatic heterocycles. The minimum absolute atomic E-state index is 0.00115. The summed E-state index contributed by atoms with van der Waals surface area (Å²) in [6.45, 7) is 3.17. The van der Waals surface area contributed by atoms with Gasteiger partial charge in [-0.2, -0.15) is 0 Å². The number of unbranched alkanes of at least 4 members (excludes halogenated alkanes) is 3. The zero-order valence-corrected chi connectivity index (χ0v) is 54.9. The third kappa shape index (κ3) is 36.3. The van der Waals surface area contributed by atoms with E-state index < -0.39 is 104 Å². The summed E-state index contributed by atoms with van der Waals surface area (Å²) in [6.07, 6.45) is 2.33. The second-order valence-electron chi connectivity index (χ2n) is 22.0. The van der Waals surface area contributed by atoms with Crippen LogP contribution in [0.4, 0.5) is 27.5 Å². The largest absolute Gasteiger partial charge is 0.755 e. The van der Waals surface area contributed by atoms with Gasteiger partial charge in [0, 0.05) is 97.4 Å². The lowest BCUT2D eigenvalue weighted by Gasteiger charge is -2.26. The molecule has 13 N–H and O–H groups in total. The van der Waals surface area contributed by atoms with E-state index in [9.17, 15) is 92.8 Å². The predicted octanol–water partition coefficient (Wildman–Crippen LogP) is 0.244. The second kappa shape index (κ2) is 40.1. The SMILES string of the molecule is CC(C)(C)OC(=O)NCCCCCCNC(=O)CN(CCN(CC(=O)O)CC(=O)Nc1ccc(NS(=O)[O-])cc1)CC(=O)Cc1ccc(S(N)(=O)=O)cc1.NS(=O)(=O)c1ccc(CC(=O)CN(CCN(CC(=O)O)CC(=O)Nc2ccc(NS(=O)[O-])cc2)CC(=O)O)cc1. The highest BCUT2D eigenvalue weighted by Gasteiger charge is 2.23. The van der Waals surface area contributed by atoms with Gasteiger partial charge < -0.3 is 59.9 Å². The number of benzene rings is 4. The number of carbonyl (C=O) groups excluding carboxylic acids is 6. The van der Waals surface area contributed by atoms with Crippen LogP contribution in [0.3, 0.4) is 0 Å². The van der Waals surface area contributed by atoms with Crippen LogP contribution in [0.25, 0.3) is 0 Å². The van der Waals surface area contributed by atoms with Crippen molar-refractivity contribution >= 4 is 119 Å². The molecule has 33 nitrogen and oxygen atoms in total. The van der Waals surface area contributed by atoms with Crippen molar-refractivity contribution in [3.05, 3.63) is 108 Å². The Bertz CT molecular complexity index is 3470. The Morgan fingerprint density at radius 3 is 1.09 bits per heavy atom. The molecule has 518 valence electrons. The number of hydrogen-bond donors (Lipinski definition) is 11. The number of carboxylic acid groups (broad SMARTS) is 3. The van der Waals surface area contributed by atoms with Crippen LogP contribution in [0.1, 0.15) is 57.6 Å². The van der Waals surface area contributed by atoms with Gasteiger partial charge in [0.25, 0.3) is 0 Å². The van der Waals surface area contributed by atoms with Gasteiger partial charge in [0.05, 0.1) is 62.1 Å². The number of nitrogens with two attached hydrogens (primary N) is 2. The molecule has 0 spiro atoms. The van der Waals surface area contributed by atoms with Crippen molar-refractivity contribution in [3.63, 3.8) is 0 Å². The molecule has 4 aromatic rings. The maximum absolute atomic E-state index is 13.1. The van der Waals surface area contributed by atoms with Crippen LogP contribution in [-0.2, 0) is 98.5 Å². The first-order chi connectivity index (χ1) is 44.0. The average Bonchev–Trinajstić information content (AvgIpc) is 1.18. The quantitative estimate of drug-likeness (QED) is 0.0209. The van der Waals surface area contributed by atoms with E-state index in [2.05, 4.69) is 30.7 Å². The van der Waals surface area contributed by atoms with Gasteiger partial charge >= 0.3 is 24.0 Å². The molecule has 4 rings (SSSR count). The summed E-state index contributed by atoms with van der Waals surface area (Å²) in [6, 6.07) is 22.3. The molecule has 4 amide bonds. The van der Waals surface area contributed by atoms with Gasteiger partial charge in [-0.05, 0) is 118 Å². The molecule has 2 unspecified atom stereocenters. The topological polar surface area (TPSA) is 509 Å². The van der Waals surface area contributed by atoms with Gasteiger partial charge in [0.15, 0.2) is 11.6 Å². The van der Waals surface area contributed by atoms with Crippen molar-refractivity contribution < 1.29 is 97.6 Å². The first-order valence-corrected chi connectivity index (χ1v) is 33.8. The van der Waals surface area contributed by atoms with E-state index in [4.69, 9.17) is 15.0 Å². The molecule has 0 aliphatic rings. The van der Waals surface area contributed by atoms with Crippen LogP contribution < -0.4 is 41.0 Å². The van der Waals surface area contributed by atoms with Crippen molar-refractivity contribution in [2.45, 2.75) is 74.7 Å². The lowest BCUT2D eigenvalue weighted by atomic mass is 10.1. The number of carbonyl (C=O) groups is 9. The van der Waals surface area contributed by atoms with E-state index >= 15 is 0 Å². The average molecular weight is 1400 g/mol. The Morgan fingerprint density at radius 1 is 0.457 bits per heavy atom. The lowest BCUT2D eigenvalue weighted by molar-refractivity contribution is -0.141. The number of nitrogens with zero attached hydrogens (tertiary/aromatic N) is 4. The van der Waals surface area contributed by atoms with E-state index in [0.717, 1.165) is 19.3 Å². The number of Topliss-reactive ketones (excluding diaryl/α,β-unsaturated/α-hetero) is 2. The summed E-state index contributed by atoms with van der Waals surface area (Å²) in [5.41, 5.74) is 1.65. The number of ketones is 2. The number of carboxylic acids is 3. The van der Waals surface area contributed by atoms with Gasteiger partial charge in [0.2, 0.25) is 37.8 Å². The fraction of sp³-hybridized carbons (Fsp3) is 0.421. The Labute approximate surface area is 548 Å². The summed E-state index contributed by atoms with van der Waals surface area (Å²) in [5, 5.41) is 48.9. The first-order valence-electron chi connectivity index (χ1n) is 28.6. The fourth-order valence-electron chi connectivity index (χ4n) is 8.49. The summed E-state index contributed by atoms with van der Waals surface area (Å²) < 4.78 is 98.4. The number of ether oxygens (including phenoxy) is 1. The van der Waals surface area contributed by atoms with Gasteiger partial charge in [-0.3, -0.25) is 66.4 Å². The molecule has 0 fully saturated rings. The number of aliphatic carboxylic acids is 3. The molecule has 0 bridgehead atoms. The number of primary sulfonamides is 2. The van der Waals surface area contributed by atoms with Crippen molar-refractivity contribution in [2.24, 2.45) is 10.3 Å². The van der Waals surface area contributed by atoms with Crippen molar-refractivity contribution in [2.75, 3.05) is 112 Å². The molecule has 0 aliphatic carbocycles. The standard InChI is InChI=1S/C34H51N7O11S2.C23H29N5O10S2/c1-34(2,3)52-33(47)37-17-7-5-4-6-16-36-30(43)22-40(21-28(42)20-25-8-14-29(15-9-25)54(35,50)51)18-19-41(24-32(45)46)23-31(44)38-26-10-12-27(13-11-26)39-53(48)49;24-40(37,38)20-7-1-16(2-8-20)11-19(29)12-27(14-22(31)32)9-10-28(15-23(33)34)13-21(30)25-17-3-5-18(6-4-17)26-39(35)36/h8-15,39H,4-7,16-24H2,1-3H3,(H,36,43)(H,37,47)(H,38,44)(H,45,46)(H,48,49)(H2,35,50,51);1-8,26H,9-15H2,(H,25,30)(H,31,32)(H,33,34)(H,35,36)(H2,24,37,38)/p-2. The number of hydrogen-bond acceptors (Lipinski definition) is 22. The lowest BCUT2D eigenvalue weighted by Crippen LogP contribution is -2.46. The molecule has 0 radical (unpaired) electrons. The molecule has 37 heteroatoms. The van der Waals surface area contributed by atoms with Gasteiger partial charge in [-0.25, -0.2) is 31.9 Å². The highest BCUT2D eigenvalue weighted by Crippen LogP contribution is 2.17. The third-order valence-corrected chi connectivity index (χ3v) is 15.2. The molecule has 4 aromatic carbocycles. The Balaban J connectivity index is 0.000000512. The third-order valence-electron chi connectivity index (χ3n) is 12.6. The zero-order valence-electron chi connectivity index (χ0n) is 51.6. The molecule has 0 heterocycles. The summed E-state index contributed by atoms with van der Waals surface area (Å²) in [4.78, 5) is 115. The highest BCUT2D eigenvalue weighted by atomic mass is 32.2. The molecule has 0 saturated carbocycles. The van der Waals surface area contributed by atoms with Crippen molar-refractivity contribution in [1.29, 1.82) is 0 Å². The Hall–Kier alpha value is -8.21. The number of rotatable bonds is 41. The van der Waals surface area contributed by atoms with Gasteiger partial charge in [-0.15, -0.1) is 0 Å². The molecule has 0 saturated heterocycles. The molecular weight excluding hydrogens is 1320 g/mol. The zero-order chi connectivity index (χ0) is 70.2. The van der Waals surface area contributed by atoms with E-state index in [0.29, 0.717) is 42.0 Å². The molecule has 94 heavy (non-hydrogen) atoms. The van der Waals surface area contributed by atoms with Crippen LogP contribution >= 0.6 is 0 Å². The number of alkyl carbamates (subject to hydrolysis) is 1. The van der Waals surface area contributed by atoms with Gasteiger partial charge in [0.1, 0.15) is 5.60 Å². The van der Waals surface area contributed by atoms with Crippen LogP contribution in [0.2, 0.25) is 0 Å². The molecular formula is C57H78N12O21S4-2. The predicted molar refractivity (Wildman–Crippen MR) is 343 cm³/mol. The normalized spacial score (nSPS) is 12.2. The van der Waals surface area contributed by atoms with Crippen LogP contribution in [-0.4, -0.2) is 220 Å². The summed E-state index contributed by atoms with van der Waals surface area (Å²) in [7, 11) is -7.81. The molecule has 0 aromatic heterocycles. The minimum Gasteiger partial charge on any atom is -0.755 e. The first kappa shape index (κ1) is 80.0. The Kier molecular flexibility index (Phi) is 34.2. The van der Waals surface area contributed by atoms with Crippen molar-refractivity contribution in [1.82, 2.24) is 30.2 Å². The van der Waals surface area contributed by atoms with Crippen LogP contribution in [0, 0.1) is 0 Å². The molecule has 2 atom stereocenters. The van der Waals surface area contributed by atoms with Crippen LogP contribution in [0.15, 0.2) is 107 Å². The highest BCUT2D eigenvalue weighted by molar-refractivity contribution is 7.89. The van der Waals surface area contributed by atoms with E-state index in [1.807, 2.05) is 0 Å². The number of anilines is 4. The smallest absolute Gasteiger partial charge is 0.407 e. The number of amides is 4. The number of sulfonamides is 2. The van der Waals surface area contributed by atoms with Crippen molar-refractivity contribution in [3.8, 4) is 0 Å². The summed E-state index contributed by atoms with van der Waals surface area (Å²) in [5.74, 6) is -5.80. The van der Waals surface area contributed by atoms with Crippen LogP contribution in [0.5, 0.6) is 0 Å². The maximum Gasteiger partial charge on any atom is 0.407 e. The maximum atomic E-state index is 13.1. The van der Waals surface area contributed by atoms with E-state index in [-0.39, 0.29) is 110 Å². The summed E-state index contributed by atoms with van der Waals surface area (Å²) >= 11 is -5.03. The minimum atomic E-state index is -3.92. The fourth-order valence-corrected chi connectivity index (χ4v) is 10.2. The monoisotopic (exact) mass is 1390 g/mol. The number of nitrogens with one attached hydrogen (secondary N) is 6.